The van der Waals surface area contributed by atoms with Crippen LogP contribution < -0.4 is 5.32 Å². The number of hydrogen-bond acceptors (Lipinski definition) is 4. The van der Waals surface area contributed by atoms with Gasteiger partial charge in [-0.3, -0.25) is 0 Å². The Morgan fingerprint density at radius 3 is 2.11 bits per heavy atom. The van der Waals surface area contributed by atoms with Gasteiger partial charge in [-0.2, -0.15) is 0 Å². The number of nitrogens with zero attached hydrogens (tertiary/aromatic N) is 2. The average molecular weight is 259 g/mol. The first-order chi connectivity index (χ1) is 8.49. The molecule has 0 bridgehead atoms. The topological polar surface area (TPSA) is 38.7 Å². The Morgan fingerprint density at radius 1 is 1.06 bits per heavy atom. The lowest BCUT2D eigenvalue weighted by molar-refractivity contribution is 0.147. The smallest absolute Gasteiger partial charge is 0.0613 e. The quantitative estimate of drug-likeness (QED) is 0.581. The fraction of sp³-hybridized carbons (Fsp3) is 1.00. The van der Waals surface area contributed by atoms with Crippen LogP contribution in [0.2, 0.25) is 0 Å². The molecular formula is C14H33N3O. The van der Waals surface area contributed by atoms with Crippen molar-refractivity contribution in [3.8, 4) is 0 Å². The number of likely N-dealkylation sites (N-methyl/N-ethyl adjacent to an activating group) is 1. The van der Waals surface area contributed by atoms with E-state index in [1.54, 1.807) is 0 Å². The normalized spacial score (nSPS) is 15.3. The maximum atomic E-state index is 9.46. The minimum Gasteiger partial charge on any atom is -0.394 e. The number of rotatable bonds is 11. The molecule has 18 heavy (non-hydrogen) atoms. The third-order valence-electron chi connectivity index (χ3n) is 3.85. The molecule has 0 aliphatic rings. The van der Waals surface area contributed by atoms with Gasteiger partial charge in [-0.15, -0.1) is 0 Å². The van der Waals surface area contributed by atoms with Crippen molar-refractivity contribution in [2.45, 2.75) is 38.1 Å². The summed E-state index contributed by atoms with van der Waals surface area (Å²) in [5.41, 5.74) is -0.0789. The standard InChI is InChI=1S/C14H33N3O/c1-6-14(13-18,15-2)9-7-11-17(5)12-8-10-16(3)4/h15,18H,6-13H2,1-5H3. The fourth-order valence-corrected chi connectivity index (χ4v) is 2.20. The van der Waals surface area contributed by atoms with Crippen molar-refractivity contribution in [3.63, 3.8) is 0 Å². The van der Waals surface area contributed by atoms with Crippen LogP contribution in [0.25, 0.3) is 0 Å². The van der Waals surface area contributed by atoms with Crippen LogP contribution in [-0.2, 0) is 0 Å². The number of nitrogens with one attached hydrogen (secondary N) is 1. The van der Waals surface area contributed by atoms with Crippen LogP contribution in [0.15, 0.2) is 0 Å². The third kappa shape index (κ3) is 7.31. The summed E-state index contributed by atoms with van der Waals surface area (Å²) in [6.45, 7) is 5.76. The molecule has 0 aliphatic heterocycles. The highest BCUT2D eigenvalue weighted by atomic mass is 16.3. The molecule has 1 unspecified atom stereocenters. The van der Waals surface area contributed by atoms with E-state index in [2.05, 4.69) is 43.2 Å². The third-order valence-corrected chi connectivity index (χ3v) is 3.85. The van der Waals surface area contributed by atoms with Gasteiger partial charge in [-0.25, -0.2) is 0 Å². The first-order valence-corrected chi connectivity index (χ1v) is 7.12. The van der Waals surface area contributed by atoms with Gasteiger partial charge in [0.25, 0.3) is 0 Å². The molecule has 0 radical (unpaired) electrons. The number of aliphatic hydroxyl groups is 1. The zero-order chi connectivity index (χ0) is 14.0. The van der Waals surface area contributed by atoms with Gasteiger partial charge in [0, 0.05) is 5.54 Å². The Hall–Kier alpha value is -0.160. The SMILES string of the molecule is CCC(CO)(CCCN(C)CCCN(C)C)NC. The van der Waals surface area contributed by atoms with E-state index < -0.39 is 0 Å². The van der Waals surface area contributed by atoms with E-state index in [4.69, 9.17) is 0 Å². The Labute approximate surface area is 113 Å². The van der Waals surface area contributed by atoms with Gasteiger partial charge in [-0.1, -0.05) is 6.92 Å². The molecule has 4 heteroatoms. The highest BCUT2D eigenvalue weighted by Gasteiger charge is 2.24. The molecule has 0 amide bonds. The summed E-state index contributed by atoms with van der Waals surface area (Å²) in [7, 11) is 8.36. The minimum atomic E-state index is -0.0789. The second-order valence-electron chi connectivity index (χ2n) is 5.61. The van der Waals surface area contributed by atoms with Gasteiger partial charge in [0.15, 0.2) is 0 Å². The van der Waals surface area contributed by atoms with Crippen molar-refractivity contribution in [2.75, 3.05) is 54.4 Å². The van der Waals surface area contributed by atoms with Crippen molar-refractivity contribution in [3.05, 3.63) is 0 Å². The maximum Gasteiger partial charge on any atom is 0.0613 e. The lowest BCUT2D eigenvalue weighted by atomic mass is 9.91. The van der Waals surface area contributed by atoms with Gasteiger partial charge in [0.05, 0.1) is 6.61 Å². The Morgan fingerprint density at radius 2 is 1.67 bits per heavy atom. The molecule has 0 fully saturated rings. The van der Waals surface area contributed by atoms with Crippen molar-refractivity contribution in [1.29, 1.82) is 0 Å². The second-order valence-corrected chi connectivity index (χ2v) is 5.61. The van der Waals surface area contributed by atoms with Crippen molar-refractivity contribution in [1.82, 2.24) is 15.1 Å². The molecule has 4 nitrogen and oxygen atoms in total. The van der Waals surface area contributed by atoms with Crippen LogP contribution in [0.3, 0.4) is 0 Å². The van der Waals surface area contributed by atoms with E-state index in [0.717, 1.165) is 38.9 Å². The zero-order valence-corrected chi connectivity index (χ0v) is 13.0. The molecular weight excluding hydrogens is 226 g/mol. The Balaban J connectivity index is 3.75. The van der Waals surface area contributed by atoms with E-state index in [1.807, 2.05) is 7.05 Å². The van der Waals surface area contributed by atoms with Gasteiger partial charge < -0.3 is 20.2 Å². The lowest BCUT2D eigenvalue weighted by Crippen LogP contribution is -2.46. The summed E-state index contributed by atoms with van der Waals surface area (Å²) in [5, 5.41) is 12.7. The van der Waals surface area contributed by atoms with E-state index >= 15 is 0 Å². The van der Waals surface area contributed by atoms with Crippen molar-refractivity contribution < 1.29 is 5.11 Å². The first-order valence-electron chi connectivity index (χ1n) is 7.12. The van der Waals surface area contributed by atoms with Gasteiger partial charge >= 0.3 is 0 Å². The first kappa shape index (κ1) is 17.8. The summed E-state index contributed by atoms with van der Waals surface area (Å²) < 4.78 is 0. The fourth-order valence-electron chi connectivity index (χ4n) is 2.20. The Kier molecular flexibility index (Phi) is 9.64. The predicted molar refractivity (Wildman–Crippen MR) is 79.1 cm³/mol. The second kappa shape index (κ2) is 9.73. The number of aliphatic hydroxyl groups excluding tert-OH is 1. The molecule has 110 valence electrons. The Bertz CT molecular complexity index is 185. The number of hydrogen-bond donors (Lipinski definition) is 2. The molecule has 0 aromatic carbocycles. The maximum absolute atomic E-state index is 9.46. The van der Waals surface area contributed by atoms with Crippen LogP contribution in [0.5, 0.6) is 0 Å². The molecule has 0 aromatic heterocycles. The predicted octanol–water partition coefficient (Wildman–Crippen LogP) is 1.01. The molecule has 0 saturated carbocycles. The van der Waals surface area contributed by atoms with Crippen LogP contribution >= 0.6 is 0 Å². The molecule has 0 aromatic rings. The molecule has 2 N–H and O–H groups in total. The summed E-state index contributed by atoms with van der Waals surface area (Å²) in [5.74, 6) is 0. The van der Waals surface area contributed by atoms with Crippen LogP contribution in [0.4, 0.5) is 0 Å². The van der Waals surface area contributed by atoms with Crippen LogP contribution in [0, 0.1) is 0 Å². The molecule has 1 atom stereocenters. The summed E-state index contributed by atoms with van der Waals surface area (Å²) in [4.78, 5) is 4.61. The van der Waals surface area contributed by atoms with E-state index in [1.165, 1.54) is 6.42 Å². The van der Waals surface area contributed by atoms with Crippen LogP contribution in [-0.4, -0.2) is 74.9 Å². The van der Waals surface area contributed by atoms with Crippen LogP contribution in [0.1, 0.15) is 32.6 Å². The largest absolute Gasteiger partial charge is 0.394 e. The molecule has 0 spiro atoms. The molecule has 0 heterocycles. The molecule has 0 aliphatic carbocycles. The summed E-state index contributed by atoms with van der Waals surface area (Å²) in [6.07, 6.45) is 4.36. The monoisotopic (exact) mass is 259 g/mol. The molecule has 0 saturated heterocycles. The highest BCUT2D eigenvalue weighted by molar-refractivity contribution is 4.84. The van der Waals surface area contributed by atoms with Gasteiger partial charge in [0.2, 0.25) is 0 Å². The summed E-state index contributed by atoms with van der Waals surface area (Å²) >= 11 is 0. The minimum absolute atomic E-state index is 0.0789. The average Bonchev–Trinajstić information content (AvgIpc) is 2.35. The van der Waals surface area contributed by atoms with Gasteiger partial charge in [-0.05, 0) is 73.5 Å². The van der Waals surface area contributed by atoms with E-state index in [9.17, 15) is 5.11 Å². The van der Waals surface area contributed by atoms with E-state index in [0.29, 0.717) is 0 Å². The van der Waals surface area contributed by atoms with E-state index in [-0.39, 0.29) is 12.1 Å². The highest BCUT2D eigenvalue weighted by Crippen LogP contribution is 2.16. The lowest BCUT2D eigenvalue weighted by Gasteiger charge is -2.31. The molecule has 0 rings (SSSR count). The van der Waals surface area contributed by atoms with Crippen molar-refractivity contribution in [2.24, 2.45) is 0 Å². The zero-order valence-electron chi connectivity index (χ0n) is 13.0. The summed E-state index contributed by atoms with van der Waals surface area (Å²) in [6, 6.07) is 0. The van der Waals surface area contributed by atoms with Crippen molar-refractivity contribution >= 4 is 0 Å². The van der Waals surface area contributed by atoms with Gasteiger partial charge in [0.1, 0.15) is 0 Å².